The van der Waals surface area contributed by atoms with Crippen molar-refractivity contribution in [3.63, 3.8) is 0 Å². The van der Waals surface area contributed by atoms with E-state index in [1.807, 2.05) is 7.05 Å². The van der Waals surface area contributed by atoms with Gasteiger partial charge in [-0.25, -0.2) is 0 Å². The molecule has 1 saturated heterocycles. The first kappa shape index (κ1) is 14.3. The molecule has 0 aromatic heterocycles. The zero-order valence-electron chi connectivity index (χ0n) is 12.4. The molecule has 0 amide bonds. The predicted octanol–water partition coefficient (Wildman–Crippen LogP) is 2.73. The van der Waals surface area contributed by atoms with Crippen molar-refractivity contribution in [2.24, 2.45) is 15.8 Å². The van der Waals surface area contributed by atoms with Crippen LogP contribution in [0, 0.1) is 10.8 Å². The minimum absolute atomic E-state index is 0.385. The van der Waals surface area contributed by atoms with Crippen molar-refractivity contribution in [1.29, 1.82) is 0 Å². The smallest absolute Gasteiger partial charge is 0.193 e. The summed E-state index contributed by atoms with van der Waals surface area (Å²) in [7, 11) is 1.88. The summed E-state index contributed by atoms with van der Waals surface area (Å²) in [6.07, 6.45) is 2.43. The molecule has 1 aliphatic rings. The van der Waals surface area contributed by atoms with Crippen LogP contribution in [0.15, 0.2) is 4.99 Å². The number of aliphatic imine (C=N–C) groups is 1. The van der Waals surface area contributed by atoms with Crippen molar-refractivity contribution >= 4 is 5.96 Å². The summed E-state index contributed by atoms with van der Waals surface area (Å²) in [5.41, 5.74) is 0.817. The van der Waals surface area contributed by atoms with Crippen molar-refractivity contribution in [1.82, 2.24) is 10.2 Å². The van der Waals surface area contributed by atoms with Crippen LogP contribution in [0.4, 0.5) is 0 Å². The van der Waals surface area contributed by atoms with Gasteiger partial charge in [0.25, 0.3) is 0 Å². The molecule has 0 aromatic carbocycles. The Morgan fingerprint density at radius 2 is 2.00 bits per heavy atom. The number of hydrogen-bond acceptors (Lipinski definition) is 1. The molecule has 1 fully saturated rings. The molecule has 0 saturated carbocycles. The van der Waals surface area contributed by atoms with Crippen LogP contribution in [0.3, 0.4) is 0 Å². The average molecular weight is 239 g/mol. The fourth-order valence-corrected chi connectivity index (χ4v) is 2.17. The molecule has 0 aromatic rings. The van der Waals surface area contributed by atoms with E-state index in [1.54, 1.807) is 0 Å². The SMILES string of the molecule is CN=C(NCCC(C)(C)C)N1CCC(C)(C)C1. The summed E-state index contributed by atoms with van der Waals surface area (Å²) in [5.74, 6) is 1.07. The molecule has 17 heavy (non-hydrogen) atoms. The molecule has 3 nitrogen and oxygen atoms in total. The van der Waals surface area contributed by atoms with Crippen LogP contribution in [0.1, 0.15) is 47.5 Å². The molecular formula is C14H29N3. The summed E-state index contributed by atoms with van der Waals surface area (Å²) in [4.78, 5) is 6.76. The highest BCUT2D eigenvalue weighted by Crippen LogP contribution is 2.28. The highest BCUT2D eigenvalue weighted by molar-refractivity contribution is 5.80. The second-order valence-electron chi connectivity index (χ2n) is 7.12. The van der Waals surface area contributed by atoms with E-state index in [0.29, 0.717) is 10.8 Å². The lowest BCUT2D eigenvalue weighted by molar-refractivity contribution is 0.358. The average Bonchev–Trinajstić information content (AvgIpc) is 2.52. The van der Waals surface area contributed by atoms with E-state index in [0.717, 1.165) is 25.6 Å². The van der Waals surface area contributed by atoms with Gasteiger partial charge in [-0.1, -0.05) is 34.6 Å². The molecule has 0 atom stereocenters. The van der Waals surface area contributed by atoms with E-state index in [4.69, 9.17) is 0 Å². The van der Waals surface area contributed by atoms with Gasteiger partial charge in [0.15, 0.2) is 5.96 Å². The Morgan fingerprint density at radius 1 is 1.35 bits per heavy atom. The molecule has 1 N–H and O–H groups in total. The van der Waals surface area contributed by atoms with Crippen LogP contribution in [0.2, 0.25) is 0 Å². The van der Waals surface area contributed by atoms with Gasteiger partial charge >= 0.3 is 0 Å². The fourth-order valence-electron chi connectivity index (χ4n) is 2.17. The topological polar surface area (TPSA) is 27.6 Å². The van der Waals surface area contributed by atoms with Crippen LogP contribution in [0.5, 0.6) is 0 Å². The minimum atomic E-state index is 0.385. The third kappa shape index (κ3) is 4.97. The van der Waals surface area contributed by atoms with E-state index in [-0.39, 0.29) is 0 Å². The maximum Gasteiger partial charge on any atom is 0.193 e. The third-order valence-electron chi connectivity index (χ3n) is 3.35. The fraction of sp³-hybridized carbons (Fsp3) is 0.929. The van der Waals surface area contributed by atoms with Crippen molar-refractivity contribution in [3.05, 3.63) is 0 Å². The third-order valence-corrected chi connectivity index (χ3v) is 3.35. The Morgan fingerprint density at radius 3 is 2.41 bits per heavy atom. The number of likely N-dealkylation sites (tertiary alicyclic amines) is 1. The summed E-state index contributed by atoms with van der Waals surface area (Å²) >= 11 is 0. The van der Waals surface area contributed by atoms with E-state index >= 15 is 0 Å². The molecule has 1 aliphatic heterocycles. The monoisotopic (exact) mass is 239 g/mol. The summed E-state index contributed by atoms with van der Waals surface area (Å²) < 4.78 is 0. The van der Waals surface area contributed by atoms with Crippen molar-refractivity contribution in [2.75, 3.05) is 26.7 Å². The second kappa shape index (κ2) is 5.28. The van der Waals surface area contributed by atoms with Crippen molar-refractivity contribution in [3.8, 4) is 0 Å². The lowest BCUT2D eigenvalue weighted by atomic mass is 9.92. The maximum absolute atomic E-state index is 4.39. The van der Waals surface area contributed by atoms with Crippen molar-refractivity contribution < 1.29 is 0 Å². The normalized spacial score (nSPS) is 20.8. The predicted molar refractivity (Wildman–Crippen MR) is 75.4 cm³/mol. The Balaban J connectivity index is 2.41. The Kier molecular flexibility index (Phi) is 4.45. The molecule has 1 rings (SSSR count). The number of rotatable bonds is 2. The standard InChI is InChI=1S/C14H29N3/c1-13(2,3)7-9-16-12(15-6)17-10-8-14(4,5)11-17/h7-11H2,1-6H3,(H,15,16). The number of nitrogens with zero attached hydrogens (tertiary/aromatic N) is 2. The van der Waals surface area contributed by atoms with Gasteiger partial charge in [0.05, 0.1) is 0 Å². The van der Waals surface area contributed by atoms with Gasteiger partial charge in [0, 0.05) is 26.7 Å². The molecule has 0 spiro atoms. The molecule has 0 unspecified atom stereocenters. The first-order chi connectivity index (χ1) is 7.73. The zero-order valence-corrected chi connectivity index (χ0v) is 12.4. The lowest BCUT2D eigenvalue weighted by Gasteiger charge is -2.25. The molecule has 1 heterocycles. The second-order valence-corrected chi connectivity index (χ2v) is 7.12. The van der Waals surface area contributed by atoms with Gasteiger partial charge in [-0.2, -0.15) is 0 Å². The highest BCUT2D eigenvalue weighted by Gasteiger charge is 2.30. The number of nitrogens with one attached hydrogen (secondary N) is 1. The van der Waals surface area contributed by atoms with Crippen LogP contribution >= 0.6 is 0 Å². The molecule has 3 heteroatoms. The van der Waals surface area contributed by atoms with E-state index in [1.165, 1.54) is 12.8 Å². The van der Waals surface area contributed by atoms with Gasteiger partial charge in [0.2, 0.25) is 0 Å². The van der Waals surface area contributed by atoms with Crippen LogP contribution in [-0.2, 0) is 0 Å². The number of guanidine groups is 1. The Labute approximate surface area is 107 Å². The molecule has 100 valence electrons. The summed E-state index contributed by atoms with van der Waals surface area (Å²) in [6.45, 7) is 14.7. The zero-order chi connectivity index (χ0) is 13.1. The first-order valence-electron chi connectivity index (χ1n) is 6.69. The van der Waals surface area contributed by atoms with Gasteiger partial charge < -0.3 is 10.2 Å². The Hall–Kier alpha value is -0.730. The van der Waals surface area contributed by atoms with Gasteiger partial charge in [-0.05, 0) is 23.7 Å². The molecular weight excluding hydrogens is 210 g/mol. The van der Waals surface area contributed by atoms with Gasteiger partial charge in [-0.3, -0.25) is 4.99 Å². The Bertz CT molecular complexity index is 274. The van der Waals surface area contributed by atoms with E-state index < -0.39 is 0 Å². The maximum atomic E-state index is 4.39. The molecule has 0 aliphatic carbocycles. The van der Waals surface area contributed by atoms with Gasteiger partial charge in [0.1, 0.15) is 0 Å². The van der Waals surface area contributed by atoms with E-state index in [2.05, 4.69) is 49.8 Å². The van der Waals surface area contributed by atoms with Crippen LogP contribution < -0.4 is 5.32 Å². The minimum Gasteiger partial charge on any atom is -0.356 e. The summed E-state index contributed by atoms with van der Waals surface area (Å²) in [6, 6.07) is 0. The van der Waals surface area contributed by atoms with Crippen molar-refractivity contribution in [2.45, 2.75) is 47.5 Å². The highest BCUT2D eigenvalue weighted by atomic mass is 15.3. The quantitative estimate of drug-likeness (QED) is 0.593. The van der Waals surface area contributed by atoms with E-state index in [9.17, 15) is 0 Å². The molecule has 0 bridgehead atoms. The van der Waals surface area contributed by atoms with Crippen LogP contribution in [-0.4, -0.2) is 37.5 Å². The number of hydrogen-bond donors (Lipinski definition) is 1. The summed E-state index contributed by atoms with van der Waals surface area (Å²) in [5, 5.41) is 3.48. The van der Waals surface area contributed by atoms with Gasteiger partial charge in [-0.15, -0.1) is 0 Å². The largest absolute Gasteiger partial charge is 0.356 e. The van der Waals surface area contributed by atoms with Crippen LogP contribution in [0.25, 0.3) is 0 Å². The molecule has 0 radical (unpaired) electrons. The first-order valence-corrected chi connectivity index (χ1v) is 6.69. The lowest BCUT2D eigenvalue weighted by Crippen LogP contribution is -2.41.